The molecule has 1 heterocycles. The van der Waals surface area contributed by atoms with Crippen LogP contribution in [0.15, 0.2) is 28.9 Å². The summed E-state index contributed by atoms with van der Waals surface area (Å²) in [4.78, 5) is 5.45. The van der Waals surface area contributed by atoms with E-state index in [2.05, 4.69) is 40.1 Å². The fourth-order valence-corrected chi connectivity index (χ4v) is 3.15. The van der Waals surface area contributed by atoms with Gasteiger partial charge >= 0.3 is 0 Å². The third-order valence-corrected chi connectivity index (χ3v) is 4.16. The van der Waals surface area contributed by atoms with Crippen LogP contribution in [0.2, 0.25) is 5.02 Å². The lowest BCUT2D eigenvalue weighted by molar-refractivity contribution is 0.688. The zero-order valence-electron chi connectivity index (χ0n) is 10.2. The van der Waals surface area contributed by atoms with Crippen LogP contribution in [0.25, 0.3) is 10.4 Å². The molecule has 0 aliphatic carbocycles. The van der Waals surface area contributed by atoms with E-state index in [-0.39, 0.29) is 0 Å². The highest BCUT2D eigenvalue weighted by atomic mass is 79.9. The van der Waals surface area contributed by atoms with Gasteiger partial charge in [0.15, 0.2) is 5.13 Å². The number of nitrogens with zero attached hydrogens (tertiary/aromatic N) is 1. The van der Waals surface area contributed by atoms with Crippen molar-refractivity contribution in [2.45, 2.75) is 13.8 Å². The van der Waals surface area contributed by atoms with Crippen LogP contribution < -0.4 is 5.32 Å². The Morgan fingerprint density at radius 3 is 2.89 bits per heavy atom. The molecule has 5 heteroatoms. The lowest BCUT2D eigenvalue weighted by Crippen LogP contribution is -2.07. The summed E-state index contributed by atoms with van der Waals surface area (Å²) in [6.07, 6.45) is 1.86. The quantitative estimate of drug-likeness (QED) is 0.814. The topological polar surface area (TPSA) is 24.9 Å². The van der Waals surface area contributed by atoms with E-state index < -0.39 is 0 Å². The lowest BCUT2D eigenvalue weighted by Gasteiger charge is -2.04. The van der Waals surface area contributed by atoms with E-state index in [4.69, 9.17) is 11.6 Å². The van der Waals surface area contributed by atoms with Crippen LogP contribution in [0.5, 0.6) is 0 Å². The van der Waals surface area contributed by atoms with Gasteiger partial charge in [-0.25, -0.2) is 4.98 Å². The van der Waals surface area contributed by atoms with Crippen LogP contribution in [0.4, 0.5) is 5.13 Å². The smallest absolute Gasteiger partial charge is 0.183 e. The molecule has 0 spiro atoms. The molecule has 96 valence electrons. The van der Waals surface area contributed by atoms with Crippen LogP contribution in [0, 0.1) is 5.92 Å². The summed E-state index contributed by atoms with van der Waals surface area (Å²) in [6.45, 7) is 5.28. The molecule has 0 saturated heterocycles. The highest BCUT2D eigenvalue weighted by molar-refractivity contribution is 9.10. The average molecular weight is 346 g/mol. The Hall–Kier alpha value is -0.580. The van der Waals surface area contributed by atoms with Gasteiger partial charge in [-0.15, -0.1) is 0 Å². The van der Waals surface area contributed by atoms with E-state index in [1.54, 1.807) is 11.3 Å². The largest absolute Gasteiger partial charge is 0.361 e. The molecular formula is C13H14BrClN2S. The Morgan fingerprint density at radius 2 is 2.22 bits per heavy atom. The van der Waals surface area contributed by atoms with Gasteiger partial charge in [-0.1, -0.05) is 58.8 Å². The number of nitrogens with one attached hydrogen (secondary N) is 1. The predicted octanol–water partition coefficient (Wildman–Crippen LogP) is 5.29. The Bertz CT molecular complexity index is 540. The van der Waals surface area contributed by atoms with Gasteiger partial charge in [-0.3, -0.25) is 0 Å². The zero-order valence-corrected chi connectivity index (χ0v) is 13.4. The zero-order chi connectivity index (χ0) is 13.1. The SMILES string of the molecule is CC(C)CNc1ncc(-c2ccc(Br)cc2Cl)s1. The summed E-state index contributed by atoms with van der Waals surface area (Å²) in [7, 11) is 0. The van der Waals surface area contributed by atoms with E-state index in [9.17, 15) is 0 Å². The molecule has 0 amide bonds. The molecule has 0 saturated carbocycles. The monoisotopic (exact) mass is 344 g/mol. The lowest BCUT2D eigenvalue weighted by atomic mass is 10.2. The van der Waals surface area contributed by atoms with E-state index in [1.807, 2.05) is 24.4 Å². The van der Waals surface area contributed by atoms with Gasteiger partial charge in [-0.2, -0.15) is 0 Å². The van der Waals surface area contributed by atoms with Gasteiger partial charge in [0, 0.05) is 22.8 Å². The molecule has 1 aromatic heterocycles. The Balaban J connectivity index is 2.18. The van der Waals surface area contributed by atoms with Gasteiger partial charge in [0.2, 0.25) is 0 Å². The Kier molecular flexibility index (Phi) is 4.65. The number of halogens is 2. The second kappa shape index (κ2) is 6.04. The summed E-state index contributed by atoms with van der Waals surface area (Å²) < 4.78 is 0.985. The number of hydrogen-bond acceptors (Lipinski definition) is 3. The normalized spacial score (nSPS) is 10.9. The fraction of sp³-hybridized carbons (Fsp3) is 0.308. The molecule has 2 nitrogen and oxygen atoms in total. The maximum atomic E-state index is 6.23. The van der Waals surface area contributed by atoms with Crippen molar-refractivity contribution in [3.05, 3.63) is 33.9 Å². The van der Waals surface area contributed by atoms with Crippen molar-refractivity contribution < 1.29 is 0 Å². The summed E-state index contributed by atoms with van der Waals surface area (Å²) in [5.74, 6) is 0.605. The number of benzene rings is 1. The molecular weight excluding hydrogens is 332 g/mol. The molecule has 18 heavy (non-hydrogen) atoms. The van der Waals surface area contributed by atoms with Crippen LogP contribution in [-0.4, -0.2) is 11.5 Å². The predicted molar refractivity (Wildman–Crippen MR) is 83.6 cm³/mol. The molecule has 1 aromatic carbocycles. The average Bonchev–Trinajstić information content (AvgIpc) is 2.75. The summed E-state index contributed by atoms with van der Waals surface area (Å²) >= 11 is 11.3. The number of anilines is 1. The molecule has 0 fully saturated rings. The third-order valence-electron chi connectivity index (χ3n) is 2.36. The van der Waals surface area contributed by atoms with Crippen LogP contribution in [0.3, 0.4) is 0 Å². The molecule has 1 N–H and O–H groups in total. The molecule has 0 radical (unpaired) electrons. The van der Waals surface area contributed by atoms with E-state index in [1.165, 1.54) is 0 Å². The summed E-state index contributed by atoms with van der Waals surface area (Å²) in [5.41, 5.74) is 1.02. The van der Waals surface area contributed by atoms with Gasteiger partial charge in [0.05, 0.1) is 9.90 Å². The van der Waals surface area contributed by atoms with Crippen molar-refractivity contribution in [2.24, 2.45) is 5.92 Å². The maximum Gasteiger partial charge on any atom is 0.183 e. The van der Waals surface area contributed by atoms with Crippen molar-refractivity contribution in [1.82, 2.24) is 4.98 Å². The highest BCUT2D eigenvalue weighted by Gasteiger charge is 2.08. The fourth-order valence-electron chi connectivity index (χ4n) is 1.46. The van der Waals surface area contributed by atoms with Crippen molar-refractivity contribution in [3.63, 3.8) is 0 Å². The molecule has 0 bridgehead atoms. The molecule has 2 aromatic rings. The first-order chi connectivity index (χ1) is 8.56. The van der Waals surface area contributed by atoms with Crippen LogP contribution in [-0.2, 0) is 0 Å². The first-order valence-electron chi connectivity index (χ1n) is 5.71. The maximum absolute atomic E-state index is 6.23. The van der Waals surface area contributed by atoms with Crippen molar-refractivity contribution in [3.8, 4) is 10.4 Å². The van der Waals surface area contributed by atoms with Crippen LogP contribution >= 0.6 is 38.9 Å². The molecule has 0 unspecified atom stereocenters. The van der Waals surface area contributed by atoms with Gasteiger partial charge in [0.25, 0.3) is 0 Å². The van der Waals surface area contributed by atoms with E-state index in [0.29, 0.717) is 5.92 Å². The van der Waals surface area contributed by atoms with E-state index >= 15 is 0 Å². The minimum absolute atomic E-state index is 0.605. The standard InChI is InChI=1S/C13H14BrClN2S/c1-8(2)6-16-13-17-7-12(18-13)10-4-3-9(14)5-11(10)15/h3-5,7-8H,6H2,1-2H3,(H,16,17). The van der Waals surface area contributed by atoms with Crippen molar-refractivity contribution in [1.29, 1.82) is 0 Å². The van der Waals surface area contributed by atoms with Gasteiger partial charge < -0.3 is 5.32 Å². The minimum Gasteiger partial charge on any atom is -0.361 e. The molecule has 0 atom stereocenters. The van der Waals surface area contributed by atoms with Crippen molar-refractivity contribution in [2.75, 3.05) is 11.9 Å². The molecule has 0 aliphatic rings. The number of thiazole rings is 1. The third kappa shape index (κ3) is 3.46. The van der Waals surface area contributed by atoms with Gasteiger partial charge in [-0.05, 0) is 18.1 Å². The van der Waals surface area contributed by atoms with Gasteiger partial charge in [0.1, 0.15) is 0 Å². The first kappa shape index (κ1) is 13.8. The van der Waals surface area contributed by atoms with Crippen LogP contribution in [0.1, 0.15) is 13.8 Å². The second-order valence-electron chi connectivity index (χ2n) is 4.43. The van der Waals surface area contributed by atoms with Crippen molar-refractivity contribution >= 4 is 44.0 Å². The number of aromatic nitrogens is 1. The number of hydrogen-bond donors (Lipinski definition) is 1. The highest BCUT2D eigenvalue weighted by Crippen LogP contribution is 2.35. The molecule has 0 aliphatic heterocycles. The second-order valence-corrected chi connectivity index (χ2v) is 6.78. The Labute approximate surface area is 125 Å². The summed E-state index contributed by atoms with van der Waals surface area (Å²) in [5, 5.41) is 5.00. The molecule has 2 rings (SSSR count). The Morgan fingerprint density at radius 1 is 1.44 bits per heavy atom. The first-order valence-corrected chi connectivity index (χ1v) is 7.70. The van der Waals surface area contributed by atoms with E-state index in [0.717, 1.165) is 31.6 Å². The minimum atomic E-state index is 0.605. The number of rotatable bonds is 4. The summed E-state index contributed by atoms with van der Waals surface area (Å²) in [6, 6.07) is 5.89.